The van der Waals surface area contributed by atoms with Gasteiger partial charge in [0.1, 0.15) is 11.6 Å². The average molecular weight is 283 g/mol. The van der Waals surface area contributed by atoms with E-state index >= 15 is 0 Å². The molecule has 0 aromatic heterocycles. The topological polar surface area (TPSA) is 38.0 Å². The molecule has 0 heterocycles. The molecule has 0 bridgehead atoms. The van der Waals surface area contributed by atoms with Gasteiger partial charge in [0.05, 0.1) is 11.1 Å². The molecule has 0 amide bonds. The van der Waals surface area contributed by atoms with E-state index in [0.717, 1.165) is 0 Å². The Hall–Kier alpha value is -1.49. The Labute approximate surface area is 115 Å². The smallest absolute Gasteiger partial charge is 0.142 e. The normalized spacial score (nSPS) is 12.4. The van der Waals surface area contributed by atoms with E-state index in [1.54, 1.807) is 30.3 Å². The Kier molecular flexibility index (Phi) is 4.47. The van der Waals surface area contributed by atoms with E-state index in [9.17, 15) is 8.78 Å². The predicted molar refractivity (Wildman–Crippen MR) is 71.6 cm³/mol. The van der Waals surface area contributed by atoms with Gasteiger partial charge < -0.3 is 0 Å². The van der Waals surface area contributed by atoms with Crippen LogP contribution in [0.5, 0.6) is 0 Å². The van der Waals surface area contributed by atoms with Crippen molar-refractivity contribution >= 4 is 11.6 Å². The first-order valence-electron chi connectivity index (χ1n) is 5.77. The summed E-state index contributed by atoms with van der Waals surface area (Å²) in [5.74, 6) is 4.62. The summed E-state index contributed by atoms with van der Waals surface area (Å²) in [6.07, 6.45) is 0.284. The van der Waals surface area contributed by atoms with Gasteiger partial charge in [-0.05, 0) is 29.7 Å². The molecule has 0 radical (unpaired) electrons. The Morgan fingerprint density at radius 3 is 2.42 bits per heavy atom. The van der Waals surface area contributed by atoms with Crippen LogP contribution >= 0.6 is 11.6 Å². The molecule has 1 atom stereocenters. The third-order valence-electron chi connectivity index (χ3n) is 2.94. The van der Waals surface area contributed by atoms with Gasteiger partial charge in [0, 0.05) is 0 Å². The van der Waals surface area contributed by atoms with Crippen LogP contribution < -0.4 is 11.3 Å². The number of benzene rings is 2. The van der Waals surface area contributed by atoms with Gasteiger partial charge >= 0.3 is 0 Å². The summed E-state index contributed by atoms with van der Waals surface area (Å²) in [4.78, 5) is 0. The molecular weight excluding hydrogens is 270 g/mol. The third kappa shape index (κ3) is 3.10. The minimum Gasteiger partial charge on any atom is -0.271 e. The molecular formula is C14H13ClF2N2. The lowest BCUT2D eigenvalue weighted by atomic mass is 9.99. The fourth-order valence-electron chi connectivity index (χ4n) is 1.93. The van der Waals surface area contributed by atoms with Crippen molar-refractivity contribution in [1.82, 2.24) is 5.43 Å². The molecule has 5 heteroatoms. The van der Waals surface area contributed by atoms with E-state index in [-0.39, 0.29) is 17.3 Å². The summed E-state index contributed by atoms with van der Waals surface area (Å²) in [5.41, 5.74) is 3.54. The monoisotopic (exact) mass is 282 g/mol. The maximum atomic E-state index is 13.6. The van der Waals surface area contributed by atoms with Crippen molar-refractivity contribution in [2.45, 2.75) is 12.5 Å². The zero-order chi connectivity index (χ0) is 13.8. The van der Waals surface area contributed by atoms with Crippen molar-refractivity contribution in [2.75, 3.05) is 0 Å². The second-order valence-corrected chi connectivity index (χ2v) is 4.54. The van der Waals surface area contributed by atoms with Gasteiger partial charge in [-0.3, -0.25) is 11.3 Å². The summed E-state index contributed by atoms with van der Waals surface area (Å²) in [6.45, 7) is 0. The Morgan fingerprint density at radius 2 is 1.74 bits per heavy atom. The minimum atomic E-state index is -0.520. The average Bonchev–Trinajstić information content (AvgIpc) is 2.41. The highest BCUT2D eigenvalue weighted by Crippen LogP contribution is 2.28. The molecule has 2 aromatic carbocycles. The number of halogens is 3. The second kappa shape index (κ2) is 6.10. The zero-order valence-corrected chi connectivity index (χ0v) is 10.8. The lowest BCUT2D eigenvalue weighted by molar-refractivity contribution is 0.525. The van der Waals surface area contributed by atoms with Crippen LogP contribution in [0.2, 0.25) is 5.02 Å². The van der Waals surface area contributed by atoms with Gasteiger partial charge in [-0.1, -0.05) is 41.9 Å². The molecule has 0 aliphatic heterocycles. The van der Waals surface area contributed by atoms with Crippen molar-refractivity contribution in [3.05, 3.63) is 70.2 Å². The Balaban J connectivity index is 2.31. The standard InChI is InChI=1S/C14H13ClF2N2/c15-14-10(5-3-7-12(14)17)13(19-18)8-9-4-1-2-6-11(9)16/h1-7,13,19H,8,18H2. The minimum absolute atomic E-state index is 0.00166. The molecule has 0 saturated carbocycles. The molecule has 1 unspecified atom stereocenters. The van der Waals surface area contributed by atoms with Crippen molar-refractivity contribution in [3.8, 4) is 0 Å². The van der Waals surface area contributed by atoms with E-state index < -0.39 is 11.9 Å². The molecule has 2 nitrogen and oxygen atoms in total. The molecule has 2 rings (SSSR count). The van der Waals surface area contributed by atoms with Gasteiger partial charge in [-0.2, -0.15) is 0 Å². The summed E-state index contributed by atoms with van der Waals surface area (Å²) in [6, 6.07) is 10.4. The van der Waals surface area contributed by atoms with Crippen LogP contribution in [0.4, 0.5) is 8.78 Å². The number of rotatable bonds is 4. The van der Waals surface area contributed by atoms with Gasteiger partial charge in [-0.25, -0.2) is 8.78 Å². The summed E-state index contributed by atoms with van der Waals surface area (Å²) >= 11 is 5.91. The van der Waals surface area contributed by atoms with Crippen LogP contribution in [0, 0.1) is 11.6 Å². The summed E-state index contributed by atoms with van der Waals surface area (Å²) in [5, 5.41) is 0.00166. The molecule has 0 aliphatic carbocycles. The van der Waals surface area contributed by atoms with Crippen molar-refractivity contribution < 1.29 is 8.78 Å². The molecule has 0 aliphatic rings. The van der Waals surface area contributed by atoms with E-state index in [1.165, 1.54) is 12.1 Å². The summed E-state index contributed by atoms with van der Waals surface area (Å²) < 4.78 is 27.0. The Morgan fingerprint density at radius 1 is 1.05 bits per heavy atom. The molecule has 3 N–H and O–H groups in total. The van der Waals surface area contributed by atoms with E-state index in [4.69, 9.17) is 17.4 Å². The zero-order valence-electron chi connectivity index (χ0n) is 10.0. The lowest BCUT2D eigenvalue weighted by Crippen LogP contribution is -2.30. The number of hydrazine groups is 1. The first kappa shape index (κ1) is 13.9. The molecule has 0 fully saturated rings. The molecule has 0 spiro atoms. The number of hydrogen-bond donors (Lipinski definition) is 2. The number of nitrogens with two attached hydrogens (primary N) is 1. The highest BCUT2D eigenvalue weighted by atomic mass is 35.5. The van der Waals surface area contributed by atoms with Crippen LogP contribution in [0.1, 0.15) is 17.2 Å². The van der Waals surface area contributed by atoms with Crippen LogP contribution in [-0.4, -0.2) is 0 Å². The van der Waals surface area contributed by atoms with Gasteiger partial charge in [0.15, 0.2) is 0 Å². The molecule has 0 saturated heterocycles. The third-order valence-corrected chi connectivity index (χ3v) is 3.34. The van der Waals surface area contributed by atoms with Gasteiger partial charge in [0.25, 0.3) is 0 Å². The largest absolute Gasteiger partial charge is 0.271 e. The predicted octanol–water partition coefficient (Wildman–Crippen LogP) is 3.37. The van der Waals surface area contributed by atoms with Crippen LogP contribution in [-0.2, 0) is 6.42 Å². The van der Waals surface area contributed by atoms with Crippen LogP contribution in [0.25, 0.3) is 0 Å². The fourth-order valence-corrected chi connectivity index (χ4v) is 2.19. The quantitative estimate of drug-likeness (QED) is 0.666. The fraction of sp³-hybridized carbons (Fsp3) is 0.143. The maximum Gasteiger partial charge on any atom is 0.142 e. The maximum absolute atomic E-state index is 13.6. The van der Waals surface area contributed by atoms with E-state index in [1.807, 2.05) is 0 Å². The highest BCUT2D eigenvalue weighted by molar-refractivity contribution is 6.31. The first-order valence-corrected chi connectivity index (χ1v) is 6.14. The lowest BCUT2D eigenvalue weighted by Gasteiger charge is -2.18. The van der Waals surface area contributed by atoms with E-state index in [0.29, 0.717) is 11.1 Å². The van der Waals surface area contributed by atoms with Gasteiger partial charge in [0.2, 0.25) is 0 Å². The molecule has 19 heavy (non-hydrogen) atoms. The Bertz CT molecular complexity index is 575. The SMILES string of the molecule is NNC(Cc1ccccc1F)c1cccc(F)c1Cl. The van der Waals surface area contributed by atoms with E-state index in [2.05, 4.69) is 5.43 Å². The van der Waals surface area contributed by atoms with Crippen molar-refractivity contribution in [2.24, 2.45) is 5.84 Å². The molecule has 2 aromatic rings. The first-order chi connectivity index (χ1) is 9.13. The number of nitrogens with one attached hydrogen (secondary N) is 1. The molecule has 100 valence electrons. The van der Waals surface area contributed by atoms with Crippen LogP contribution in [0.3, 0.4) is 0 Å². The summed E-state index contributed by atoms with van der Waals surface area (Å²) in [7, 11) is 0. The highest BCUT2D eigenvalue weighted by Gasteiger charge is 2.17. The van der Waals surface area contributed by atoms with Gasteiger partial charge in [-0.15, -0.1) is 0 Å². The van der Waals surface area contributed by atoms with Crippen LogP contribution in [0.15, 0.2) is 42.5 Å². The van der Waals surface area contributed by atoms with Crippen molar-refractivity contribution in [3.63, 3.8) is 0 Å². The number of hydrogen-bond acceptors (Lipinski definition) is 2. The van der Waals surface area contributed by atoms with Crippen molar-refractivity contribution in [1.29, 1.82) is 0 Å². The second-order valence-electron chi connectivity index (χ2n) is 4.16.